The Labute approximate surface area is 87.1 Å². The summed E-state index contributed by atoms with van der Waals surface area (Å²) in [5.41, 5.74) is 1.32. The quantitative estimate of drug-likeness (QED) is 0.776. The van der Waals surface area contributed by atoms with Crippen LogP contribution in [0.15, 0.2) is 23.1 Å². The summed E-state index contributed by atoms with van der Waals surface area (Å²) in [6, 6.07) is 5.98. The molecule has 0 radical (unpaired) electrons. The van der Waals surface area contributed by atoms with Crippen molar-refractivity contribution in [1.29, 1.82) is 0 Å². The zero-order valence-corrected chi connectivity index (χ0v) is 8.74. The van der Waals surface area contributed by atoms with Crippen molar-refractivity contribution < 1.29 is 5.11 Å². The van der Waals surface area contributed by atoms with Gasteiger partial charge in [-0.3, -0.25) is 0 Å². The molecule has 3 heteroatoms. The van der Waals surface area contributed by atoms with Crippen molar-refractivity contribution in [3.05, 3.63) is 28.8 Å². The fourth-order valence-electron chi connectivity index (χ4n) is 1.54. The third-order valence-electron chi connectivity index (χ3n) is 2.26. The average Bonchev–Trinajstić information content (AvgIpc) is 2.17. The maximum absolute atomic E-state index is 9.02. The van der Waals surface area contributed by atoms with E-state index in [0.29, 0.717) is 5.25 Å². The molecule has 0 saturated carbocycles. The van der Waals surface area contributed by atoms with Crippen LogP contribution in [0.5, 0.6) is 0 Å². The van der Waals surface area contributed by atoms with Crippen LogP contribution in [0.3, 0.4) is 0 Å². The maximum Gasteiger partial charge on any atom is 0.0553 e. The number of thioether (sulfide) groups is 1. The molecule has 13 heavy (non-hydrogen) atoms. The number of aliphatic hydroxyl groups excluding tert-OH is 1. The molecule has 2 rings (SSSR count). The second-order valence-electron chi connectivity index (χ2n) is 3.21. The fourth-order valence-corrected chi connectivity index (χ4v) is 2.86. The highest BCUT2D eigenvalue weighted by atomic mass is 35.5. The Morgan fingerprint density at radius 2 is 2.38 bits per heavy atom. The van der Waals surface area contributed by atoms with Crippen molar-refractivity contribution >= 4 is 23.4 Å². The molecule has 1 aromatic rings. The minimum atomic E-state index is 0.271. The van der Waals surface area contributed by atoms with E-state index in [1.54, 1.807) is 11.8 Å². The van der Waals surface area contributed by atoms with Gasteiger partial charge in [-0.05, 0) is 36.6 Å². The van der Waals surface area contributed by atoms with Crippen molar-refractivity contribution in [2.24, 2.45) is 0 Å². The van der Waals surface area contributed by atoms with Crippen LogP contribution in [-0.4, -0.2) is 17.0 Å². The highest BCUT2D eigenvalue weighted by Crippen LogP contribution is 2.36. The molecule has 1 heterocycles. The number of benzene rings is 1. The van der Waals surface area contributed by atoms with E-state index >= 15 is 0 Å². The molecular formula is C10H11ClOS. The third-order valence-corrected chi connectivity index (χ3v) is 3.86. The number of hydrogen-bond donors (Lipinski definition) is 1. The fraction of sp³-hybridized carbons (Fsp3) is 0.400. The summed E-state index contributed by atoms with van der Waals surface area (Å²) >= 11 is 7.65. The minimum absolute atomic E-state index is 0.271. The Morgan fingerprint density at radius 3 is 3.15 bits per heavy atom. The minimum Gasteiger partial charge on any atom is -0.395 e. The predicted octanol–water partition coefficient (Wildman–Crippen LogP) is 2.74. The van der Waals surface area contributed by atoms with E-state index in [1.165, 1.54) is 10.5 Å². The number of aliphatic hydroxyl groups is 1. The Bertz CT molecular complexity index is 314. The van der Waals surface area contributed by atoms with Gasteiger partial charge in [0, 0.05) is 15.2 Å². The molecule has 1 aromatic carbocycles. The van der Waals surface area contributed by atoms with Crippen LogP contribution in [0.1, 0.15) is 12.0 Å². The smallest absolute Gasteiger partial charge is 0.0553 e. The Kier molecular flexibility index (Phi) is 2.82. The van der Waals surface area contributed by atoms with Gasteiger partial charge in [0.25, 0.3) is 0 Å². The molecule has 1 N–H and O–H groups in total. The summed E-state index contributed by atoms with van der Waals surface area (Å²) in [7, 11) is 0. The Hall–Kier alpha value is -0.180. The molecule has 70 valence electrons. The van der Waals surface area contributed by atoms with Crippen LogP contribution in [0, 0.1) is 0 Å². The van der Waals surface area contributed by atoms with E-state index in [4.69, 9.17) is 16.7 Å². The molecule has 0 aromatic heterocycles. The van der Waals surface area contributed by atoms with Crippen LogP contribution >= 0.6 is 23.4 Å². The number of fused-ring (bicyclic) bond motifs is 1. The van der Waals surface area contributed by atoms with Gasteiger partial charge >= 0.3 is 0 Å². The normalized spacial score (nSPS) is 21.2. The van der Waals surface area contributed by atoms with E-state index in [2.05, 4.69) is 0 Å². The first-order chi connectivity index (χ1) is 6.29. The lowest BCUT2D eigenvalue weighted by Crippen LogP contribution is -2.14. The standard InChI is InChI=1S/C10H11ClOS/c11-8-2-4-10-7(5-8)1-3-9(6-12)13-10/h2,4-5,9,12H,1,3,6H2. The first kappa shape index (κ1) is 9.38. The largest absolute Gasteiger partial charge is 0.395 e. The number of halogens is 1. The molecule has 0 aliphatic carbocycles. The zero-order valence-electron chi connectivity index (χ0n) is 7.16. The Morgan fingerprint density at radius 1 is 1.54 bits per heavy atom. The molecular weight excluding hydrogens is 204 g/mol. The summed E-state index contributed by atoms with van der Waals surface area (Å²) in [5.74, 6) is 0. The number of rotatable bonds is 1. The van der Waals surface area contributed by atoms with E-state index in [-0.39, 0.29) is 6.61 Å². The second-order valence-corrected chi connectivity index (χ2v) is 4.99. The molecule has 1 nitrogen and oxygen atoms in total. The van der Waals surface area contributed by atoms with Crippen molar-refractivity contribution in [2.45, 2.75) is 23.0 Å². The molecule has 0 saturated heterocycles. The Balaban J connectivity index is 2.26. The van der Waals surface area contributed by atoms with Crippen molar-refractivity contribution in [2.75, 3.05) is 6.61 Å². The third kappa shape index (κ3) is 2.01. The topological polar surface area (TPSA) is 20.2 Å². The lowest BCUT2D eigenvalue weighted by Gasteiger charge is -2.22. The van der Waals surface area contributed by atoms with Gasteiger partial charge in [-0.1, -0.05) is 11.6 Å². The first-order valence-electron chi connectivity index (χ1n) is 4.35. The van der Waals surface area contributed by atoms with Gasteiger partial charge in [0.1, 0.15) is 0 Å². The molecule has 0 bridgehead atoms. The summed E-state index contributed by atoms with van der Waals surface area (Å²) in [4.78, 5) is 1.27. The highest BCUT2D eigenvalue weighted by molar-refractivity contribution is 8.00. The summed E-state index contributed by atoms with van der Waals surface area (Å²) < 4.78 is 0. The van der Waals surface area contributed by atoms with E-state index < -0.39 is 0 Å². The first-order valence-corrected chi connectivity index (χ1v) is 5.61. The van der Waals surface area contributed by atoms with Crippen LogP contribution in [0.2, 0.25) is 5.02 Å². The van der Waals surface area contributed by atoms with Gasteiger partial charge in [-0.25, -0.2) is 0 Å². The summed E-state index contributed by atoms with van der Waals surface area (Å²) in [6.07, 6.45) is 2.09. The summed E-state index contributed by atoms with van der Waals surface area (Å²) in [6.45, 7) is 0.271. The molecule has 1 atom stereocenters. The van der Waals surface area contributed by atoms with Crippen LogP contribution in [0.25, 0.3) is 0 Å². The van der Waals surface area contributed by atoms with Gasteiger partial charge in [0.15, 0.2) is 0 Å². The van der Waals surface area contributed by atoms with Crippen LogP contribution in [-0.2, 0) is 6.42 Å². The molecule has 1 aliphatic rings. The summed E-state index contributed by atoms with van der Waals surface area (Å²) in [5, 5.41) is 10.2. The zero-order chi connectivity index (χ0) is 9.26. The molecule has 1 aliphatic heterocycles. The average molecular weight is 215 g/mol. The van der Waals surface area contributed by atoms with Gasteiger partial charge in [-0.15, -0.1) is 11.8 Å². The molecule has 1 unspecified atom stereocenters. The SMILES string of the molecule is OCC1CCc2cc(Cl)ccc2S1. The molecule has 0 amide bonds. The lowest BCUT2D eigenvalue weighted by molar-refractivity contribution is 0.289. The van der Waals surface area contributed by atoms with Gasteiger partial charge < -0.3 is 5.11 Å². The van der Waals surface area contributed by atoms with Gasteiger partial charge in [-0.2, -0.15) is 0 Å². The van der Waals surface area contributed by atoms with Crippen LogP contribution < -0.4 is 0 Å². The lowest BCUT2D eigenvalue weighted by atomic mass is 10.1. The second kappa shape index (κ2) is 3.91. The van der Waals surface area contributed by atoms with Crippen LogP contribution in [0.4, 0.5) is 0 Å². The molecule has 0 fully saturated rings. The van der Waals surface area contributed by atoms with E-state index in [9.17, 15) is 0 Å². The van der Waals surface area contributed by atoms with Crippen molar-refractivity contribution in [1.82, 2.24) is 0 Å². The molecule has 0 spiro atoms. The van der Waals surface area contributed by atoms with Gasteiger partial charge in [0.05, 0.1) is 6.61 Å². The van der Waals surface area contributed by atoms with Gasteiger partial charge in [0.2, 0.25) is 0 Å². The van der Waals surface area contributed by atoms with E-state index in [1.807, 2.05) is 18.2 Å². The number of hydrogen-bond acceptors (Lipinski definition) is 2. The monoisotopic (exact) mass is 214 g/mol. The van der Waals surface area contributed by atoms with Crippen molar-refractivity contribution in [3.8, 4) is 0 Å². The maximum atomic E-state index is 9.02. The van der Waals surface area contributed by atoms with Crippen molar-refractivity contribution in [3.63, 3.8) is 0 Å². The number of aryl methyl sites for hydroxylation is 1. The highest BCUT2D eigenvalue weighted by Gasteiger charge is 2.18. The van der Waals surface area contributed by atoms with E-state index in [0.717, 1.165) is 17.9 Å². The predicted molar refractivity (Wildman–Crippen MR) is 56.5 cm³/mol.